The Bertz CT molecular complexity index is 470. The Kier molecular flexibility index (Phi) is 4.16. The Hall–Kier alpha value is -1.88. The second-order valence-corrected chi connectivity index (χ2v) is 4.54. The number of carbonyl (C=O) groups is 2. The van der Waals surface area contributed by atoms with Crippen molar-refractivity contribution in [3.8, 4) is 0 Å². The van der Waals surface area contributed by atoms with Crippen molar-refractivity contribution in [2.24, 2.45) is 0 Å². The summed E-state index contributed by atoms with van der Waals surface area (Å²) in [5, 5.41) is 11.4. The maximum Gasteiger partial charge on any atom is 0.325 e. The summed E-state index contributed by atoms with van der Waals surface area (Å²) < 4.78 is 0. The van der Waals surface area contributed by atoms with Crippen LogP contribution in [-0.2, 0) is 11.2 Å². The summed E-state index contributed by atoms with van der Waals surface area (Å²) in [4.78, 5) is 25.0. The molecule has 0 aromatic heterocycles. The molecular formula is C14H18N2O3. The first-order valence-electron chi connectivity index (χ1n) is 6.49. The third kappa shape index (κ3) is 2.76. The number of aryl methyl sites for hydroxylation is 1. The van der Waals surface area contributed by atoms with Crippen LogP contribution in [0.25, 0.3) is 0 Å². The van der Waals surface area contributed by atoms with Gasteiger partial charge in [0.2, 0.25) is 0 Å². The molecule has 1 unspecified atom stereocenters. The highest BCUT2D eigenvalue weighted by atomic mass is 16.3. The second kappa shape index (κ2) is 5.84. The van der Waals surface area contributed by atoms with Crippen molar-refractivity contribution >= 4 is 11.9 Å². The quantitative estimate of drug-likeness (QED) is 0.784. The number of hydrogen-bond acceptors (Lipinski definition) is 3. The molecule has 1 aromatic rings. The molecule has 0 bridgehead atoms. The lowest BCUT2D eigenvalue weighted by molar-refractivity contribution is -0.127. The highest BCUT2D eigenvalue weighted by Gasteiger charge is 2.38. The lowest BCUT2D eigenvalue weighted by Gasteiger charge is -2.12. The third-order valence-corrected chi connectivity index (χ3v) is 3.29. The fourth-order valence-electron chi connectivity index (χ4n) is 2.13. The highest BCUT2D eigenvalue weighted by Crippen LogP contribution is 2.22. The van der Waals surface area contributed by atoms with E-state index in [-0.39, 0.29) is 25.1 Å². The number of hydrogen-bond donors (Lipinski definition) is 2. The Labute approximate surface area is 112 Å². The summed E-state index contributed by atoms with van der Waals surface area (Å²) in [5.41, 5.74) is 1.99. The van der Waals surface area contributed by atoms with E-state index >= 15 is 0 Å². The molecule has 0 aliphatic carbocycles. The van der Waals surface area contributed by atoms with Gasteiger partial charge in [-0.05, 0) is 24.0 Å². The molecule has 1 aromatic carbocycles. The Morgan fingerprint density at radius 3 is 2.53 bits per heavy atom. The van der Waals surface area contributed by atoms with Crippen LogP contribution in [0.2, 0.25) is 0 Å². The zero-order chi connectivity index (χ0) is 13.8. The number of nitrogens with zero attached hydrogens (tertiary/aromatic N) is 1. The molecule has 0 spiro atoms. The second-order valence-electron chi connectivity index (χ2n) is 4.54. The fourth-order valence-corrected chi connectivity index (χ4v) is 2.13. The lowest BCUT2D eigenvalue weighted by Crippen LogP contribution is -2.32. The minimum absolute atomic E-state index is 0.0348. The van der Waals surface area contributed by atoms with E-state index in [1.165, 1.54) is 5.56 Å². The predicted octanol–water partition coefficient (Wildman–Crippen LogP) is 1.22. The van der Waals surface area contributed by atoms with E-state index in [1.807, 2.05) is 24.3 Å². The Morgan fingerprint density at radius 1 is 1.26 bits per heavy atom. The average Bonchev–Trinajstić information content (AvgIpc) is 2.72. The van der Waals surface area contributed by atoms with Crippen molar-refractivity contribution in [3.05, 3.63) is 35.4 Å². The summed E-state index contributed by atoms with van der Waals surface area (Å²) in [6, 6.07) is 6.69. The van der Waals surface area contributed by atoms with Crippen LogP contribution in [0.15, 0.2) is 24.3 Å². The van der Waals surface area contributed by atoms with Gasteiger partial charge in [0.15, 0.2) is 0 Å². The van der Waals surface area contributed by atoms with Gasteiger partial charge >= 0.3 is 6.03 Å². The first-order chi connectivity index (χ1) is 9.17. The van der Waals surface area contributed by atoms with Gasteiger partial charge in [0, 0.05) is 13.2 Å². The number of urea groups is 1. The summed E-state index contributed by atoms with van der Waals surface area (Å²) in [5.74, 6) is -0.248. The van der Waals surface area contributed by atoms with Crippen molar-refractivity contribution in [2.75, 3.05) is 13.2 Å². The van der Waals surface area contributed by atoms with Crippen molar-refractivity contribution in [1.82, 2.24) is 10.2 Å². The fraction of sp³-hybridized carbons (Fsp3) is 0.429. The highest BCUT2D eigenvalue weighted by molar-refractivity contribution is 6.04. The topological polar surface area (TPSA) is 69.6 Å². The summed E-state index contributed by atoms with van der Waals surface area (Å²) in [6.07, 6.45) is 1.34. The van der Waals surface area contributed by atoms with Gasteiger partial charge < -0.3 is 10.4 Å². The minimum Gasteiger partial charge on any atom is -0.396 e. The molecule has 0 radical (unpaired) electrons. The van der Waals surface area contributed by atoms with Crippen molar-refractivity contribution in [2.45, 2.75) is 25.8 Å². The molecule has 1 heterocycles. The molecule has 1 fully saturated rings. The van der Waals surface area contributed by atoms with Crippen molar-refractivity contribution in [3.63, 3.8) is 0 Å². The minimum atomic E-state index is -0.600. The van der Waals surface area contributed by atoms with Crippen LogP contribution < -0.4 is 5.32 Å². The number of rotatable bonds is 5. The van der Waals surface area contributed by atoms with Gasteiger partial charge in [-0.2, -0.15) is 0 Å². The predicted molar refractivity (Wildman–Crippen MR) is 70.5 cm³/mol. The zero-order valence-electron chi connectivity index (χ0n) is 10.9. The average molecular weight is 262 g/mol. The number of aliphatic hydroxyl groups is 1. The lowest BCUT2D eigenvalue weighted by atomic mass is 10.0. The van der Waals surface area contributed by atoms with Crippen LogP contribution in [0.4, 0.5) is 4.79 Å². The molecule has 1 saturated heterocycles. The molecule has 1 aliphatic heterocycles. The van der Waals surface area contributed by atoms with Crippen LogP contribution in [-0.4, -0.2) is 35.1 Å². The maximum absolute atomic E-state index is 12.1. The number of amides is 3. The monoisotopic (exact) mass is 262 g/mol. The number of carbonyl (C=O) groups excluding carboxylic acids is 2. The molecule has 5 nitrogen and oxygen atoms in total. The Morgan fingerprint density at radius 2 is 1.95 bits per heavy atom. The molecule has 3 amide bonds. The van der Waals surface area contributed by atoms with E-state index in [0.29, 0.717) is 6.42 Å². The van der Waals surface area contributed by atoms with Crippen LogP contribution in [0.1, 0.15) is 30.5 Å². The third-order valence-electron chi connectivity index (χ3n) is 3.29. The smallest absolute Gasteiger partial charge is 0.325 e. The van der Waals surface area contributed by atoms with Crippen LogP contribution in [0, 0.1) is 0 Å². The van der Waals surface area contributed by atoms with Crippen LogP contribution in [0.5, 0.6) is 0 Å². The molecule has 2 rings (SSSR count). The van der Waals surface area contributed by atoms with Gasteiger partial charge in [0.1, 0.15) is 6.04 Å². The van der Waals surface area contributed by atoms with Crippen molar-refractivity contribution < 1.29 is 14.7 Å². The zero-order valence-corrected chi connectivity index (χ0v) is 10.9. The first-order valence-corrected chi connectivity index (χ1v) is 6.49. The summed E-state index contributed by atoms with van der Waals surface area (Å²) in [6.45, 7) is 2.28. The summed E-state index contributed by atoms with van der Waals surface area (Å²) in [7, 11) is 0. The standard InChI is InChI=1S/C14H18N2O3/c1-2-10-4-6-11(7-5-10)12-13(18)16(8-3-9-17)14(19)15-12/h4-7,12,17H,2-3,8-9H2,1H3,(H,15,19). The van der Waals surface area contributed by atoms with Gasteiger partial charge in [-0.25, -0.2) is 4.79 Å². The van der Waals surface area contributed by atoms with Crippen LogP contribution >= 0.6 is 0 Å². The first kappa shape index (κ1) is 13.5. The van der Waals surface area contributed by atoms with E-state index in [2.05, 4.69) is 12.2 Å². The molecule has 1 aliphatic rings. The maximum atomic E-state index is 12.1. The molecule has 102 valence electrons. The molecule has 0 saturated carbocycles. The SMILES string of the molecule is CCc1ccc(C2NC(=O)N(CCCO)C2=O)cc1. The van der Waals surface area contributed by atoms with E-state index in [4.69, 9.17) is 5.11 Å². The Balaban J connectivity index is 2.13. The number of benzene rings is 1. The van der Waals surface area contributed by atoms with E-state index < -0.39 is 6.04 Å². The van der Waals surface area contributed by atoms with E-state index in [9.17, 15) is 9.59 Å². The molecule has 19 heavy (non-hydrogen) atoms. The normalized spacial score (nSPS) is 18.8. The number of aliphatic hydroxyl groups excluding tert-OH is 1. The van der Waals surface area contributed by atoms with Gasteiger partial charge in [-0.15, -0.1) is 0 Å². The van der Waals surface area contributed by atoms with Gasteiger partial charge in [-0.1, -0.05) is 31.2 Å². The number of nitrogens with one attached hydrogen (secondary N) is 1. The van der Waals surface area contributed by atoms with Gasteiger partial charge in [0.25, 0.3) is 5.91 Å². The van der Waals surface area contributed by atoms with E-state index in [0.717, 1.165) is 16.9 Å². The molecular weight excluding hydrogens is 244 g/mol. The largest absolute Gasteiger partial charge is 0.396 e. The van der Waals surface area contributed by atoms with Gasteiger partial charge in [0.05, 0.1) is 0 Å². The van der Waals surface area contributed by atoms with Crippen LogP contribution in [0.3, 0.4) is 0 Å². The molecule has 2 N–H and O–H groups in total. The number of imide groups is 1. The van der Waals surface area contributed by atoms with Gasteiger partial charge in [-0.3, -0.25) is 9.69 Å². The van der Waals surface area contributed by atoms with E-state index in [1.54, 1.807) is 0 Å². The van der Waals surface area contributed by atoms with Crippen molar-refractivity contribution in [1.29, 1.82) is 0 Å². The molecule has 5 heteroatoms. The summed E-state index contributed by atoms with van der Waals surface area (Å²) >= 11 is 0. The molecule has 1 atom stereocenters.